The Morgan fingerprint density at radius 2 is 1.76 bits per heavy atom. The lowest BCUT2D eigenvalue weighted by Crippen LogP contribution is -2.35. The summed E-state index contributed by atoms with van der Waals surface area (Å²) in [5.41, 5.74) is 4.63. The van der Waals surface area contributed by atoms with Crippen molar-refractivity contribution in [3.8, 4) is 11.5 Å². The molecule has 0 bridgehead atoms. The van der Waals surface area contributed by atoms with Gasteiger partial charge in [0.1, 0.15) is 0 Å². The van der Waals surface area contributed by atoms with E-state index in [0.29, 0.717) is 25.3 Å². The zero-order valence-electron chi connectivity index (χ0n) is 20.8. The molecule has 6 rings (SSSR count). The third-order valence-corrected chi connectivity index (χ3v) is 7.42. The maximum atomic E-state index is 13.2. The molecule has 0 aliphatic carbocycles. The van der Waals surface area contributed by atoms with Gasteiger partial charge in [0.2, 0.25) is 5.91 Å². The van der Waals surface area contributed by atoms with E-state index in [0.717, 1.165) is 60.7 Å². The van der Waals surface area contributed by atoms with Crippen LogP contribution in [0.1, 0.15) is 46.8 Å². The molecule has 1 fully saturated rings. The van der Waals surface area contributed by atoms with Crippen LogP contribution in [0.15, 0.2) is 66.7 Å². The van der Waals surface area contributed by atoms with Crippen LogP contribution in [0.3, 0.4) is 0 Å². The van der Waals surface area contributed by atoms with Gasteiger partial charge in [0, 0.05) is 36.4 Å². The van der Waals surface area contributed by atoms with Crippen molar-refractivity contribution in [2.45, 2.75) is 31.7 Å². The van der Waals surface area contributed by atoms with Gasteiger partial charge in [-0.3, -0.25) is 9.59 Å². The number of hydrogen-bond acceptors (Lipinski definition) is 5. The average Bonchev–Trinajstić information content (AvgIpc) is 3.53. The highest BCUT2D eigenvalue weighted by Crippen LogP contribution is 2.38. The Morgan fingerprint density at radius 1 is 0.892 bits per heavy atom. The van der Waals surface area contributed by atoms with Gasteiger partial charge in [-0.1, -0.05) is 30.3 Å². The quantitative estimate of drug-likeness (QED) is 0.547. The highest BCUT2D eigenvalue weighted by molar-refractivity contribution is 6.07. The lowest BCUT2D eigenvalue weighted by atomic mass is 10.0. The molecule has 2 amide bonds. The predicted molar refractivity (Wildman–Crippen MR) is 142 cm³/mol. The molecule has 1 unspecified atom stereocenters. The van der Waals surface area contributed by atoms with Crippen LogP contribution in [0.2, 0.25) is 0 Å². The summed E-state index contributed by atoms with van der Waals surface area (Å²) in [6.07, 6.45) is 3.62. The Hall–Kier alpha value is -4.00. The third kappa shape index (κ3) is 4.73. The number of carbonyl (C=O) groups is 2. The van der Waals surface area contributed by atoms with Crippen molar-refractivity contribution >= 4 is 23.2 Å². The monoisotopic (exact) mass is 497 g/mol. The minimum atomic E-state index is -0.0195. The molecule has 3 aliphatic rings. The fourth-order valence-corrected chi connectivity index (χ4v) is 5.55. The second kappa shape index (κ2) is 10.2. The number of ether oxygens (including phenoxy) is 2. The van der Waals surface area contributed by atoms with Crippen LogP contribution in [0.25, 0.3) is 0 Å². The van der Waals surface area contributed by atoms with Gasteiger partial charge >= 0.3 is 0 Å². The smallest absolute Gasteiger partial charge is 0.258 e. The first-order chi connectivity index (χ1) is 18.2. The van der Waals surface area contributed by atoms with Gasteiger partial charge in [-0.25, -0.2) is 0 Å². The topological polar surface area (TPSA) is 71.1 Å². The number of rotatable bonds is 5. The highest BCUT2D eigenvalue weighted by Gasteiger charge is 2.31. The summed E-state index contributed by atoms with van der Waals surface area (Å²) < 4.78 is 11.6. The summed E-state index contributed by atoms with van der Waals surface area (Å²) >= 11 is 0. The highest BCUT2D eigenvalue weighted by atomic mass is 16.5. The number of amides is 2. The number of nitrogens with one attached hydrogen (secondary N) is 1. The van der Waals surface area contributed by atoms with Gasteiger partial charge < -0.3 is 24.6 Å². The molecule has 3 heterocycles. The largest absolute Gasteiger partial charge is 0.490 e. The summed E-state index contributed by atoms with van der Waals surface area (Å²) in [6, 6.07) is 21.5. The number of likely N-dealkylation sites (tertiary alicyclic amines) is 1. The molecule has 0 saturated carbocycles. The molecule has 3 aliphatic heterocycles. The molecular weight excluding hydrogens is 466 g/mol. The first kappa shape index (κ1) is 23.4. The van der Waals surface area contributed by atoms with Crippen LogP contribution in [0.4, 0.5) is 11.4 Å². The van der Waals surface area contributed by atoms with Gasteiger partial charge in [-0.2, -0.15) is 0 Å². The second-order valence-electron chi connectivity index (χ2n) is 9.77. The van der Waals surface area contributed by atoms with Crippen LogP contribution < -0.4 is 19.7 Å². The number of carbonyl (C=O) groups excluding carboxylic acids is 2. The predicted octanol–water partition coefficient (Wildman–Crippen LogP) is 4.83. The molecular formula is C30H31N3O4. The summed E-state index contributed by atoms with van der Waals surface area (Å²) in [4.78, 5) is 30.3. The number of fused-ring (bicyclic) bond motifs is 2. The summed E-state index contributed by atoms with van der Waals surface area (Å²) in [6.45, 7) is 2.88. The van der Waals surface area contributed by atoms with Crippen LogP contribution in [0.5, 0.6) is 11.5 Å². The summed E-state index contributed by atoms with van der Waals surface area (Å²) in [5.74, 6) is 1.55. The first-order valence-corrected chi connectivity index (χ1v) is 13.1. The molecule has 7 nitrogen and oxygen atoms in total. The molecule has 0 spiro atoms. The zero-order chi connectivity index (χ0) is 25.2. The molecule has 0 radical (unpaired) electrons. The van der Waals surface area contributed by atoms with E-state index < -0.39 is 0 Å². The Morgan fingerprint density at radius 3 is 2.68 bits per heavy atom. The van der Waals surface area contributed by atoms with E-state index >= 15 is 0 Å². The van der Waals surface area contributed by atoms with Crippen LogP contribution >= 0.6 is 0 Å². The number of hydrogen-bond donors (Lipinski definition) is 1. The lowest BCUT2D eigenvalue weighted by Gasteiger charge is -2.26. The van der Waals surface area contributed by atoms with Crippen molar-refractivity contribution < 1.29 is 19.1 Å². The fourth-order valence-electron chi connectivity index (χ4n) is 5.55. The van der Waals surface area contributed by atoms with Crippen LogP contribution in [-0.4, -0.2) is 49.6 Å². The molecule has 7 heteroatoms. The van der Waals surface area contributed by atoms with Crippen molar-refractivity contribution in [1.82, 2.24) is 4.90 Å². The Labute approximate surface area is 217 Å². The molecule has 3 aromatic rings. The molecule has 37 heavy (non-hydrogen) atoms. The van der Waals surface area contributed by atoms with Gasteiger partial charge in [-0.05, 0) is 66.8 Å². The number of nitrogens with zero attached hydrogens (tertiary/aromatic N) is 2. The molecule has 1 atom stereocenters. The van der Waals surface area contributed by atoms with Gasteiger partial charge in [0.05, 0.1) is 25.8 Å². The lowest BCUT2D eigenvalue weighted by molar-refractivity contribution is -0.130. The summed E-state index contributed by atoms with van der Waals surface area (Å²) in [5, 5.41) is 3.25. The van der Waals surface area contributed by atoms with E-state index in [4.69, 9.17) is 9.47 Å². The fraction of sp³-hybridized carbons (Fsp3) is 0.333. The van der Waals surface area contributed by atoms with E-state index in [-0.39, 0.29) is 24.4 Å². The Balaban J connectivity index is 1.12. The van der Waals surface area contributed by atoms with E-state index in [1.165, 1.54) is 5.56 Å². The van der Waals surface area contributed by atoms with Crippen molar-refractivity contribution in [2.24, 2.45) is 0 Å². The van der Waals surface area contributed by atoms with Crippen molar-refractivity contribution in [3.05, 3.63) is 83.4 Å². The number of anilines is 2. The maximum Gasteiger partial charge on any atom is 0.258 e. The Bertz CT molecular complexity index is 1320. The minimum Gasteiger partial charge on any atom is -0.490 e. The van der Waals surface area contributed by atoms with Gasteiger partial charge in [0.25, 0.3) is 5.91 Å². The molecule has 1 N–H and O–H groups in total. The molecule has 1 saturated heterocycles. The number of benzene rings is 3. The van der Waals surface area contributed by atoms with E-state index in [9.17, 15) is 9.59 Å². The van der Waals surface area contributed by atoms with Crippen molar-refractivity contribution in [2.75, 3.05) is 43.1 Å². The number of para-hydroxylation sites is 1. The minimum absolute atomic E-state index is 0.0195. The normalized spacial score (nSPS) is 18.3. The van der Waals surface area contributed by atoms with E-state index in [2.05, 4.69) is 11.4 Å². The first-order valence-electron chi connectivity index (χ1n) is 13.1. The van der Waals surface area contributed by atoms with Crippen molar-refractivity contribution in [1.29, 1.82) is 0 Å². The van der Waals surface area contributed by atoms with Gasteiger partial charge in [-0.15, -0.1) is 0 Å². The van der Waals surface area contributed by atoms with Gasteiger partial charge in [0.15, 0.2) is 11.5 Å². The maximum absolute atomic E-state index is 13.2. The molecule has 190 valence electrons. The Kier molecular flexibility index (Phi) is 6.43. The average molecular weight is 498 g/mol. The van der Waals surface area contributed by atoms with E-state index in [1.807, 2.05) is 70.5 Å². The third-order valence-electron chi connectivity index (χ3n) is 7.42. The molecule has 3 aromatic carbocycles. The molecule has 0 aromatic heterocycles. The SMILES string of the molecule is O=C(c1cccc(NCC(=O)N2CCCC2c2ccc3c(c2)OCCCO3)c1)N1CCc2ccccc21. The summed E-state index contributed by atoms with van der Waals surface area (Å²) in [7, 11) is 0. The van der Waals surface area contributed by atoms with Crippen LogP contribution in [-0.2, 0) is 11.2 Å². The standard InChI is InChI=1S/C30H31N3O4/c34-29(32-14-4-10-26(32)22-11-12-27-28(19-22)37-17-5-16-36-27)20-31-24-8-3-7-23(18-24)30(35)33-15-13-21-6-1-2-9-25(21)33/h1-3,6-9,11-12,18-19,26,31H,4-5,10,13-17,20H2. The van der Waals surface area contributed by atoms with Crippen LogP contribution in [0, 0.1) is 0 Å². The van der Waals surface area contributed by atoms with Crippen molar-refractivity contribution in [3.63, 3.8) is 0 Å². The second-order valence-corrected chi connectivity index (χ2v) is 9.77. The zero-order valence-corrected chi connectivity index (χ0v) is 20.8. The van der Waals surface area contributed by atoms with E-state index in [1.54, 1.807) is 0 Å².